The molecule has 2 rings (SSSR count). The number of piperidine rings is 1. The first-order valence-corrected chi connectivity index (χ1v) is 6.10. The van der Waals surface area contributed by atoms with Crippen molar-refractivity contribution in [3.8, 4) is 0 Å². The first kappa shape index (κ1) is 11.9. The molecule has 4 heteroatoms. The molecule has 1 saturated heterocycles. The van der Waals surface area contributed by atoms with Crippen LogP contribution in [0.15, 0.2) is 24.3 Å². The molecule has 1 aromatic carbocycles. The van der Waals surface area contributed by atoms with Gasteiger partial charge in [-0.3, -0.25) is 4.79 Å². The van der Waals surface area contributed by atoms with Crippen LogP contribution in [-0.2, 0) is 0 Å². The highest BCUT2D eigenvalue weighted by molar-refractivity contribution is 5.93. The number of amides is 1. The Morgan fingerprint density at radius 2 is 2.18 bits per heavy atom. The molecule has 1 heterocycles. The number of carbonyl (C=O) groups is 1. The first-order chi connectivity index (χ1) is 8.25. The van der Waals surface area contributed by atoms with E-state index in [9.17, 15) is 4.79 Å². The van der Waals surface area contributed by atoms with E-state index in [0.717, 1.165) is 25.3 Å². The highest BCUT2D eigenvalue weighted by atomic mass is 16.1. The zero-order chi connectivity index (χ0) is 12.1. The average molecular weight is 233 g/mol. The molecule has 4 nitrogen and oxygen atoms in total. The maximum absolute atomic E-state index is 10.9. The Balaban J connectivity index is 1.84. The Kier molecular flexibility index (Phi) is 3.98. The van der Waals surface area contributed by atoms with Crippen molar-refractivity contribution in [1.29, 1.82) is 0 Å². The molecule has 1 fully saturated rings. The Hall–Kier alpha value is -1.55. The van der Waals surface area contributed by atoms with Crippen molar-refractivity contribution < 1.29 is 4.79 Å². The molecule has 0 bridgehead atoms. The Morgan fingerprint density at radius 1 is 1.41 bits per heavy atom. The molecule has 17 heavy (non-hydrogen) atoms. The minimum Gasteiger partial charge on any atom is -0.385 e. The van der Waals surface area contributed by atoms with Gasteiger partial charge in [-0.1, -0.05) is 0 Å². The van der Waals surface area contributed by atoms with Crippen molar-refractivity contribution >= 4 is 11.6 Å². The fourth-order valence-corrected chi connectivity index (χ4v) is 2.11. The molecule has 1 atom stereocenters. The first-order valence-electron chi connectivity index (χ1n) is 6.10. The third-order valence-corrected chi connectivity index (χ3v) is 3.16. The largest absolute Gasteiger partial charge is 0.385 e. The van der Waals surface area contributed by atoms with Gasteiger partial charge in [0.2, 0.25) is 5.91 Å². The molecule has 0 spiro atoms. The number of rotatable bonds is 4. The molecule has 0 saturated carbocycles. The zero-order valence-corrected chi connectivity index (χ0v) is 9.91. The number of nitrogens with two attached hydrogens (primary N) is 1. The van der Waals surface area contributed by atoms with Crippen LogP contribution in [-0.4, -0.2) is 25.5 Å². The van der Waals surface area contributed by atoms with E-state index in [2.05, 4.69) is 10.6 Å². The van der Waals surface area contributed by atoms with Gasteiger partial charge in [0.05, 0.1) is 0 Å². The molecule has 1 aromatic rings. The van der Waals surface area contributed by atoms with E-state index in [1.165, 1.54) is 12.8 Å². The fraction of sp³-hybridized carbons (Fsp3) is 0.462. The summed E-state index contributed by atoms with van der Waals surface area (Å²) in [7, 11) is 0. The molecule has 0 aromatic heterocycles. The van der Waals surface area contributed by atoms with Gasteiger partial charge >= 0.3 is 0 Å². The second kappa shape index (κ2) is 5.68. The lowest BCUT2D eigenvalue weighted by Gasteiger charge is -2.23. The third kappa shape index (κ3) is 3.46. The van der Waals surface area contributed by atoms with E-state index >= 15 is 0 Å². The van der Waals surface area contributed by atoms with E-state index in [1.54, 1.807) is 12.1 Å². The van der Waals surface area contributed by atoms with E-state index in [0.29, 0.717) is 11.5 Å². The summed E-state index contributed by atoms with van der Waals surface area (Å²) in [6, 6.07) is 7.31. The topological polar surface area (TPSA) is 67.2 Å². The number of primary amides is 1. The van der Waals surface area contributed by atoms with Crippen LogP contribution in [0.5, 0.6) is 0 Å². The zero-order valence-electron chi connectivity index (χ0n) is 9.91. The molecular formula is C13H19N3O. The summed E-state index contributed by atoms with van der Waals surface area (Å²) in [6.07, 6.45) is 2.53. The highest BCUT2D eigenvalue weighted by Gasteiger charge is 2.12. The monoisotopic (exact) mass is 233 g/mol. The van der Waals surface area contributed by atoms with Crippen molar-refractivity contribution in [2.75, 3.05) is 25.0 Å². The third-order valence-electron chi connectivity index (χ3n) is 3.16. The van der Waals surface area contributed by atoms with Crippen molar-refractivity contribution in [3.05, 3.63) is 29.8 Å². The standard InChI is InChI=1S/C13H19N3O/c14-13(17)11-3-5-12(6-4-11)16-9-10-2-1-7-15-8-10/h3-6,10,15-16H,1-2,7-9H2,(H2,14,17). The van der Waals surface area contributed by atoms with Gasteiger partial charge < -0.3 is 16.4 Å². The van der Waals surface area contributed by atoms with Gasteiger partial charge in [-0.05, 0) is 56.1 Å². The minimum absolute atomic E-state index is 0.381. The maximum Gasteiger partial charge on any atom is 0.248 e. The molecule has 4 N–H and O–H groups in total. The molecule has 0 radical (unpaired) electrons. The van der Waals surface area contributed by atoms with Crippen LogP contribution in [0.1, 0.15) is 23.2 Å². The van der Waals surface area contributed by atoms with Crippen LogP contribution in [0.3, 0.4) is 0 Å². The van der Waals surface area contributed by atoms with Crippen molar-refractivity contribution in [2.24, 2.45) is 11.7 Å². The normalized spacial score (nSPS) is 19.9. The van der Waals surface area contributed by atoms with E-state index < -0.39 is 0 Å². The SMILES string of the molecule is NC(=O)c1ccc(NCC2CCCNC2)cc1. The van der Waals surface area contributed by atoms with Gasteiger partial charge in [-0.2, -0.15) is 0 Å². The van der Waals surface area contributed by atoms with Crippen molar-refractivity contribution in [3.63, 3.8) is 0 Å². The summed E-state index contributed by atoms with van der Waals surface area (Å²) < 4.78 is 0. The van der Waals surface area contributed by atoms with Crippen LogP contribution >= 0.6 is 0 Å². The second-order valence-corrected chi connectivity index (χ2v) is 4.53. The van der Waals surface area contributed by atoms with Gasteiger partial charge in [0, 0.05) is 17.8 Å². The van der Waals surface area contributed by atoms with E-state index in [1.807, 2.05) is 12.1 Å². The second-order valence-electron chi connectivity index (χ2n) is 4.53. The highest BCUT2D eigenvalue weighted by Crippen LogP contribution is 2.13. The molecule has 0 aliphatic carbocycles. The van der Waals surface area contributed by atoms with Crippen LogP contribution in [0.25, 0.3) is 0 Å². The van der Waals surface area contributed by atoms with Gasteiger partial charge in [0.15, 0.2) is 0 Å². The quantitative estimate of drug-likeness (QED) is 0.732. The fourth-order valence-electron chi connectivity index (χ4n) is 2.11. The summed E-state index contributed by atoms with van der Waals surface area (Å²) in [4.78, 5) is 10.9. The average Bonchev–Trinajstić information content (AvgIpc) is 2.38. The Labute approximate surface area is 102 Å². The van der Waals surface area contributed by atoms with Gasteiger partial charge in [-0.25, -0.2) is 0 Å². The summed E-state index contributed by atoms with van der Waals surface area (Å²) >= 11 is 0. The number of carbonyl (C=O) groups excluding carboxylic acids is 1. The van der Waals surface area contributed by atoms with Gasteiger partial charge in [0.25, 0.3) is 0 Å². The predicted octanol–water partition coefficient (Wildman–Crippen LogP) is 1.20. The summed E-state index contributed by atoms with van der Waals surface area (Å²) in [5.74, 6) is 0.313. The minimum atomic E-state index is -0.381. The van der Waals surface area contributed by atoms with Crippen molar-refractivity contribution in [2.45, 2.75) is 12.8 Å². The molecule has 92 valence electrons. The Bertz CT molecular complexity index is 369. The van der Waals surface area contributed by atoms with Gasteiger partial charge in [-0.15, -0.1) is 0 Å². The Morgan fingerprint density at radius 3 is 2.76 bits per heavy atom. The lowest BCUT2D eigenvalue weighted by atomic mass is 10.00. The number of anilines is 1. The molecule has 1 aliphatic heterocycles. The summed E-state index contributed by atoms with van der Waals surface area (Å²) in [5.41, 5.74) is 6.78. The maximum atomic E-state index is 10.9. The molecule has 1 unspecified atom stereocenters. The summed E-state index contributed by atoms with van der Waals surface area (Å²) in [5, 5.41) is 6.78. The predicted molar refractivity (Wildman–Crippen MR) is 69.0 cm³/mol. The van der Waals surface area contributed by atoms with E-state index in [4.69, 9.17) is 5.73 Å². The number of nitrogens with one attached hydrogen (secondary N) is 2. The van der Waals surface area contributed by atoms with Gasteiger partial charge in [0.1, 0.15) is 0 Å². The smallest absolute Gasteiger partial charge is 0.248 e. The van der Waals surface area contributed by atoms with E-state index in [-0.39, 0.29) is 5.91 Å². The number of benzene rings is 1. The molecular weight excluding hydrogens is 214 g/mol. The van der Waals surface area contributed by atoms with Crippen molar-refractivity contribution in [1.82, 2.24) is 5.32 Å². The molecule has 1 amide bonds. The van der Waals surface area contributed by atoms with Crippen LogP contribution < -0.4 is 16.4 Å². The summed E-state index contributed by atoms with van der Waals surface area (Å²) in [6.45, 7) is 3.21. The lowest BCUT2D eigenvalue weighted by molar-refractivity contribution is 0.100. The van der Waals surface area contributed by atoms with Crippen LogP contribution in [0.2, 0.25) is 0 Å². The molecule has 1 aliphatic rings. The number of hydrogen-bond donors (Lipinski definition) is 3. The lowest BCUT2D eigenvalue weighted by Crippen LogP contribution is -2.33. The number of hydrogen-bond acceptors (Lipinski definition) is 3. The van der Waals surface area contributed by atoms with Crippen LogP contribution in [0.4, 0.5) is 5.69 Å². The van der Waals surface area contributed by atoms with Crippen LogP contribution in [0, 0.1) is 5.92 Å².